The molecular weight excluding hydrogens is 284 g/mol. The molecule has 0 radical (unpaired) electrons. The van der Waals surface area contributed by atoms with Crippen LogP contribution in [0.1, 0.15) is 52.5 Å². The molecule has 23 heavy (non-hydrogen) atoms. The van der Waals surface area contributed by atoms with Crippen LogP contribution in [-0.4, -0.2) is 5.97 Å². The largest absolute Gasteiger partial charge is 0.426 e. The fraction of sp³-hybridized carbons (Fsp3) is 0.381. The van der Waals surface area contributed by atoms with Crippen LogP contribution in [0.4, 0.5) is 0 Å². The van der Waals surface area contributed by atoms with Crippen molar-refractivity contribution in [3.63, 3.8) is 0 Å². The summed E-state index contributed by atoms with van der Waals surface area (Å²) in [5.41, 5.74) is 3.17. The first-order valence-corrected chi connectivity index (χ1v) is 8.26. The topological polar surface area (TPSA) is 26.3 Å². The molecule has 0 aliphatic carbocycles. The second-order valence-electron chi connectivity index (χ2n) is 6.93. The van der Waals surface area contributed by atoms with Gasteiger partial charge in [0.25, 0.3) is 0 Å². The van der Waals surface area contributed by atoms with Gasteiger partial charge in [0.15, 0.2) is 0 Å². The van der Waals surface area contributed by atoms with Crippen molar-refractivity contribution in [3.05, 3.63) is 54.1 Å². The van der Waals surface area contributed by atoms with Crippen molar-refractivity contribution in [2.45, 2.75) is 47.0 Å². The highest BCUT2D eigenvalue weighted by atomic mass is 16.5. The van der Waals surface area contributed by atoms with Gasteiger partial charge in [0.2, 0.25) is 0 Å². The number of hydrogen-bond acceptors (Lipinski definition) is 2. The molecule has 0 atom stereocenters. The van der Waals surface area contributed by atoms with E-state index < -0.39 is 5.41 Å². The van der Waals surface area contributed by atoms with Crippen LogP contribution in [-0.2, 0) is 4.79 Å². The van der Waals surface area contributed by atoms with E-state index in [1.54, 1.807) is 0 Å². The molecule has 0 spiro atoms. The molecule has 0 bridgehead atoms. The predicted octanol–water partition coefficient (Wildman–Crippen LogP) is 5.82. The molecule has 0 unspecified atom stereocenters. The fourth-order valence-corrected chi connectivity index (χ4v) is 2.17. The molecule has 122 valence electrons. The van der Waals surface area contributed by atoms with E-state index in [1.807, 2.05) is 45.0 Å². The van der Waals surface area contributed by atoms with Crippen LogP contribution in [0.15, 0.2) is 48.5 Å². The first-order valence-electron chi connectivity index (χ1n) is 8.26. The number of rotatable bonds is 5. The van der Waals surface area contributed by atoms with Crippen LogP contribution >= 0.6 is 0 Å². The molecule has 0 heterocycles. The summed E-state index contributed by atoms with van der Waals surface area (Å²) in [5.74, 6) is 0.945. The maximum absolute atomic E-state index is 12.1. The van der Waals surface area contributed by atoms with Gasteiger partial charge in [-0.25, -0.2) is 0 Å². The van der Waals surface area contributed by atoms with E-state index in [0.29, 0.717) is 11.7 Å². The van der Waals surface area contributed by atoms with Gasteiger partial charge in [0, 0.05) is 0 Å². The van der Waals surface area contributed by atoms with Crippen molar-refractivity contribution in [1.29, 1.82) is 0 Å². The highest BCUT2D eigenvalue weighted by Gasteiger charge is 2.27. The Bertz CT molecular complexity index is 649. The first kappa shape index (κ1) is 17.3. The molecule has 0 amide bonds. The van der Waals surface area contributed by atoms with Gasteiger partial charge in [0.1, 0.15) is 5.75 Å². The van der Waals surface area contributed by atoms with Gasteiger partial charge in [-0.05, 0) is 55.0 Å². The Labute approximate surface area is 139 Å². The zero-order valence-electron chi connectivity index (χ0n) is 14.7. The average molecular weight is 310 g/mol. The third-order valence-corrected chi connectivity index (χ3v) is 4.41. The Morgan fingerprint density at radius 1 is 0.957 bits per heavy atom. The van der Waals surface area contributed by atoms with Gasteiger partial charge in [-0.15, -0.1) is 0 Å². The first-order chi connectivity index (χ1) is 10.8. The van der Waals surface area contributed by atoms with Crippen LogP contribution in [0, 0.1) is 5.41 Å². The summed E-state index contributed by atoms with van der Waals surface area (Å²) in [6.07, 6.45) is 0.756. The Morgan fingerprint density at radius 2 is 1.43 bits per heavy atom. The molecule has 0 aliphatic heterocycles. The number of ether oxygens (including phenoxy) is 1. The van der Waals surface area contributed by atoms with E-state index in [-0.39, 0.29) is 5.97 Å². The van der Waals surface area contributed by atoms with Crippen molar-refractivity contribution in [2.24, 2.45) is 5.41 Å². The standard InChI is InChI=1S/C21H26O2/c1-6-21(4,5)20(22)23-19-13-11-18(12-14-19)17-9-7-16(8-10-17)15(2)3/h7-15H,6H2,1-5H3. The molecule has 0 aliphatic rings. The van der Waals surface area contributed by atoms with Gasteiger partial charge < -0.3 is 4.74 Å². The maximum atomic E-state index is 12.1. The molecule has 2 aromatic carbocycles. The van der Waals surface area contributed by atoms with Crippen LogP contribution in [0.25, 0.3) is 11.1 Å². The van der Waals surface area contributed by atoms with Crippen LogP contribution in [0.3, 0.4) is 0 Å². The van der Waals surface area contributed by atoms with Crippen molar-refractivity contribution < 1.29 is 9.53 Å². The highest BCUT2D eigenvalue weighted by Crippen LogP contribution is 2.27. The third-order valence-electron chi connectivity index (χ3n) is 4.41. The van der Waals surface area contributed by atoms with Gasteiger partial charge in [0.05, 0.1) is 5.41 Å². The summed E-state index contributed by atoms with van der Waals surface area (Å²) >= 11 is 0. The predicted molar refractivity (Wildman–Crippen MR) is 95.7 cm³/mol. The van der Waals surface area contributed by atoms with Gasteiger partial charge in [-0.2, -0.15) is 0 Å². The zero-order valence-corrected chi connectivity index (χ0v) is 14.7. The molecule has 2 aromatic rings. The Hall–Kier alpha value is -2.09. The fourth-order valence-electron chi connectivity index (χ4n) is 2.17. The summed E-state index contributed by atoms with van der Waals surface area (Å²) in [5, 5.41) is 0. The van der Waals surface area contributed by atoms with Crippen molar-refractivity contribution in [1.82, 2.24) is 0 Å². The Morgan fingerprint density at radius 3 is 1.87 bits per heavy atom. The quantitative estimate of drug-likeness (QED) is 0.514. The molecule has 2 heteroatoms. The lowest BCUT2D eigenvalue weighted by Gasteiger charge is -2.20. The van der Waals surface area contributed by atoms with Gasteiger partial charge in [-0.1, -0.05) is 57.2 Å². The average Bonchev–Trinajstić information content (AvgIpc) is 2.55. The number of benzene rings is 2. The minimum absolute atomic E-state index is 0.186. The molecule has 2 rings (SSSR count). The third kappa shape index (κ3) is 4.22. The minimum Gasteiger partial charge on any atom is -0.426 e. The van der Waals surface area contributed by atoms with E-state index in [0.717, 1.165) is 12.0 Å². The van der Waals surface area contributed by atoms with Crippen LogP contribution < -0.4 is 4.74 Å². The molecule has 0 N–H and O–H groups in total. The molecule has 0 fully saturated rings. The zero-order chi connectivity index (χ0) is 17.0. The summed E-state index contributed by atoms with van der Waals surface area (Å²) < 4.78 is 5.47. The van der Waals surface area contributed by atoms with E-state index in [9.17, 15) is 4.79 Å². The van der Waals surface area contributed by atoms with Crippen molar-refractivity contribution in [2.75, 3.05) is 0 Å². The summed E-state index contributed by atoms with van der Waals surface area (Å²) in [7, 11) is 0. The number of hydrogen-bond donors (Lipinski definition) is 0. The lowest BCUT2D eigenvalue weighted by Crippen LogP contribution is -2.28. The van der Waals surface area contributed by atoms with Gasteiger partial charge >= 0.3 is 5.97 Å². The molecule has 0 aromatic heterocycles. The van der Waals surface area contributed by atoms with E-state index in [4.69, 9.17) is 4.74 Å². The Balaban J connectivity index is 2.12. The molecule has 0 saturated heterocycles. The second kappa shape index (κ2) is 6.99. The Kier molecular flexibility index (Phi) is 5.25. The van der Waals surface area contributed by atoms with Gasteiger partial charge in [-0.3, -0.25) is 4.79 Å². The summed E-state index contributed by atoms with van der Waals surface area (Å²) in [4.78, 5) is 12.1. The highest BCUT2D eigenvalue weighted by molar-refractivity contribution is 5.78. The van der Waals surface area contributed by atoms with Crippen molar-refractivity contribution in [3.8, 4) is 16.9 Å². The van der Waals surface area contributed by atoms with E-state index in [1.165, 1.54) is 11.1 Å². The smallest absolute Gasteiger partial charge is 0.316 e. The monoisotopic (exact) mass is 310 g/mol. The number of carbonyl (C=O) groups is 1. The lowest BCUT2D eigenvalue weighted by atomic mass is 9.91. The minimum atomic E-state index is -0.453. The number of esters is 1. The SMILES string of the molecule is CCC(C)(C)C(=O)Oc1ccc(-c2ccc(C(C)C)cc2)cc1. The van der Waals surface area contributed by atoms with E-state index >= 15 is 0 Å². The molecular formula is C21H26O2. The number of carbonyl (C=O) groups excluding carboxylic acids is 1. The maximum Gasteiger partial charge on any atom is 0.316 e. The molecule has 2 nitrogen and oxygen atoms in total. The lowest BCUT2D eigenvalue weighted by molar-refractivity contribution is -0.144. The van der Waals surface area contributed by atoms with Crippen LogP contribution in [0.5, 0.6) is 5.75 Å². The van der Waals surface area contributed by atoms with E-state index in [2.05, 4.69) is 38.1 Å². The van der Waals surface area contributed by atoms with Crippen LogP contribution in [0.2, 0.25) is 0 Å². The summed E-state index contributed by atoms with van der Waals surface area (Å²) in [6, 6.07) is 16.3. The van der Waals surface area contributed by atoms with Crippen molar-refractivity contribution >= 4 is 5.97 Å². The summed E-state index contributed by atoms with van der Waals surface area (Å²) in [6.45, 7) is 10.2. The second-order valence-corrected chi connectivity index (χ2v) is 6.93. The molecule has 0 saturated carbocycles. The normalized spacial score (nSPS) is 11.6.